The summed E-state index contributed by atoms with van der Waals surface area (Å²) < 4.78 is 11.5. The van der Waals surface area contributed by atoms with Crippen molar-refractivity contribution in [1.29, 1.82) is 0 Å². The Morgan fingerprint density at radius 2 is 2.32 bits per heavy atom. The highest BCUT2D eigenvalue weighted by molar-refractivity contribution is 6.18. The van der Waals surface area contributed by atoms with Crippen molar-refractivity contribution in [3.05, 3.63) is 29.8 Å². The Hall–Kier alpha value is -1.17. The predicted molar refractivity (Wildman–Crippen MR) is 77.7 cm³/mol. The molecule has 1 aliphatic rings. The fourth-order valence-corrected chi connectivity index (χ4v) is 2.17. The van der Waals surface area contributed by atoms with Gasteiger partial charge in [-0.2, -0.15) is 0 Å². The fraction of sp³-hybridized carbons (Fsp3) is 0.500. The lowest BCUT2D eigenvalue weighted by Crippen LogP contribution is -2.17. The number of alkyl halides is 1. The minimum Gasteiger partial charge on any atom is -0.491 e. The molecule has 0 aliphatic carbocycles. The molecule has 1 aromatic carbocycles. The number of ether oxygens (including phenoxy) is 2. The SMILES string of the molecule is CC1CCC(COc2cccc(C#CCCCl)c2)O1. The molecule has 0 N–H and O–H groups in total. The summed E-state index contributed by atoms with van der Waals surface area (Å²) in [5.41, 5.74) is 0.961. The van der Waals surface area contributed by atoms with E-state index in [9.17, 15) is 0 Å². The molecule has 3 heteroatoms. The molecule has 0 bridgehead atoms. The third-order valence-corrected chi connectivity index (χ3v) is 3.23. The Labute approximate surface area is 120 Å². The lowest BCUT2D eigenvalue weighted by Gasteiger charge is -2.12. The van der Waals surface area contributed by atoms with Gasteiger partial charge in [-0.3, -0.25) is 0 Å². The van der Waals surface area contributed by atoms with Crippen molar-refractivity contribution in [3.8, 4) is 17.6 Å². The summed E-state index contributed by atoms with van der Waals surface area (Å²) in [6.45, 7) is 2.72. The van der Waals surface area contributed by atoms with E-state index in [0.717, 1.165) is 24.2 Å². The molecule has 0 spiro atoms. The van der Waals surface area contributed by atoms with E-state index < -0.39 is 0 Å². The Kier molecular flexibility index (Phi) is 5.57. The maximum absolute atomic E-state index is 5.77. The molecular formula is C16H19ClO2. The first-order valence-corrected chi connectivity index (χ1v) is 7.24. The molecule has 102 valence electrons. The highest BCUT2D eigenvalue weighted by Crippen LogP contribution is 2.20. The molecule has 0 aromatic heterocycles. The molecule has 1 heterocycles. The molecule has 1 saturated heterocycles. The van der Waals surface area contributed by atoms with Gasteiger partial charge in [0, 0.05) is 17.9 Å². The van der Waals surface area contributed by atoms with E-state index in [1.807, 2.05) is 24.3 Å². The lowest BCUT2D eigenvalue weighted by atomic mass is 10.2. The van der Waals surface area contributed by atoms with Crippen LogP contribution >= 0.6 is 11.6 Å². The molecule has 0 saturated carbocycles. The molecule has 0 amide bonds. The average molecular weight is 279 g/mol. The van der Waals surface area contributed by atoms with Crippen molar-refractivity contribution in [2.75, 3.05) is 12.5 Å². The van der Waals surface area contributed by atoms with Gasteiger partial charge >= 0.3 is 0 Å². The van der Waals surface area contributed by atoms with Crippen LogP contribution in [0.1, 0.15) is 31.7 Å². The maximum Gasteiger partial charge on any atom is 0.120 e. The minimum absolute atomic E-state index is 0.223. The number of benzene rings is 1. The van der Waals surface area contributed by atoms with Crippen LogP contribution in [0.3, 0.4) is 0 Å². The van der Waals surface area contributed by atoms with E-state index >= 15 is 0 Å². The molecule has 1 aliphatic heterocycles. The predicted octanol–water partition coefficient (Wildman–Crippen LogP) is 3.61. The van der Waals surface area contributed by atoms with Crippen molar-refractivity contribution in [2.24, 2.45) is 0 Å². The number of rotatable bonds is 4. The van der Waals surface area contributed by atoms with Crippen LogP contribution in [0.5, 0.6) is 5.75 Å². The molecular weight excluding hydrogens is 260 g/mol. The third-order valence-electron chi connectivity index (χ3n) is 3.04. The van der Waals surface area contributed by atoms with Crippen LogP contribution in [0.25, 0.3) is 0 Å². The summed E-state index contributed by atoms with van der Waals surface area (Å²) in [7, 11) is 0. The van der Waals surface area contributed by atoms with Gasteiger partial charge in [0.2, 0.25) is 0 Å². The molecule has 0 radical (unpaired) electrons. The van der Waals surface area contributed by atoms with Crippen LogP contribution in [0.4, 0.5) is 0 Å². The summed E-state index contributed by atoms with van der Waals surface area (Å²) in [6, 6.07) is 7.84. The first kappa shape index (κ1) is 14.2. The zero-order valence-electron chi connectivity index (χ0n) is 11.2. The van der Waals surface area contributed by atoms with Gasteiger partial charge in [0.05, 0.1) is 12.2 Å². The van der Waals surface area contributed by atoms with E-state index in [1.165, 1.54) is 0 Å². The fourth-order valence-electron chi connectivity index (χ4n) is 2.07. The highest BCUT2D eigenvalue weighted by atomic mass is 35.5. The van der Waals surface area contributed by atoms with E-state index in [1.54, 1.807) is 0 Å². The van der Waals surface area contributed by atoms with E-state index in [2.05, 4.69) is 18.8 Å². The van der Waals surface area contributed by atoms with Gasteiger partial charge in [0.15, 0.2) is 0 Å². The van der Waals surface area contributed by atoms with Crippen molar-refractivity contribution >= 4 is 11.6 Å². The number of hydrogen-bond donors (Lipinski definition) is 0. The Balaban J connectivity index is 1.87. The summed E-state index contributed by atoms with van der Waals surface area (Å²) in [5, 5.41) is 0. The maximum atomic E-state index is 5.77. The van der Waals surface area contributed by atoms with Gasteiger partial charge in [0.25, 0.3) is 0 Å². The highest BCUT2D eigenvalue weighted by Gasteiger charge is 2.22. The van der Waals surface area contributed by atoms with Gasteiger partial charge in [-0.05, 0) is 38.0 Å². The molecule has 1 fully saturated rings. The topological polar surface area (TPSA) is 18.5 Å². The number of halogens is 1. The van der Waals surface area contributed by atoms with Crippen LogP contribution in [-0.4, -0.2) is 24.7 Å². The average Bonchev–Trinajstić information content (AvgIpc) is 2.83. The van der Waals surface area contributed by atoms with Crippen molar-refractivity contribution < 1.29 is 9.47 Å². The molecule has 2 unspecified atom stereocenters. The van der Waals surface area contributed by atoms with Gasteiger partial charge in [-0.1, -0.05) is 17.9 Å². The second-order valence-electron chi connectivity index (χ2n) is 4.73. The normalized spacial score (nSPS) is 21.8. The first-order chi connectivity index (χ1) is 9.28. The minimum atomic E-state index is 0.223. The molecule has 2 nitrogen and oxygen atoms in total. The zero-order valence-corrected chi connectivity index (χ0v) is 12.0. The Bertz CT molecular complexity index is 461. The standard InChI is InChI=1S/C16H19ClO2/c1-13-8-9-16(19-13)12-18-15-7-4-6-14(11-15)5-2-3-10-17/h4,6-7,11,13,16H,3,8-10,12H2,1H3. The molecule has 2 atom stereocenters. The molecule has 19 heavy (non-hydrogen) atoms. The van der Waals surface area contributed by atoms with Gasteiger partial charge in [-0.25, -0.2) is 0 Å². The van der Waals surface area contributed by atoms with Crippen LogP contribution in [0, 0.1) is 11.8 Å². The van der Waals surface area contributed by atoms with Gasteiger partial charge in [-0.15, -0.1) is 11.6 Å². The number of hydrogen-bond acceptors (Lipinski definition) is 2. The first-order valence-electron chi connectivity index (χ1n) is 6.71. The van der Waals surface area contributed by atoms with Crippen LogP contribution < -0.4 is 4.74 Å². The largest absolute Gasteiger partial charge is 0.491 e. The van der Waals surface area contributed by atoms with Crippen LogP contribution in [0.2, 0.25) is 0 Å². The van der Waals surface area contributed by atoms with Crippen LogP contribution in [0.15, 0.2) is 24.3 Å². The van der Waals surface area contributed by atoms with E-state index in [-0.39, 0.29) is 6.10 Å². The monoisotopic (exact) mass is 278 g/mol. The van der Waals surface area contributed by atoms with Crippen molar-refractivity contribution in [3.63, 3.8) is 0 Å². The van der Waals surface area contributed by atoms with E-state index in [4.69, 9.17) is 21.1 Å². The second kappa shape index (κ2) is 7.43. The summed E-state index contributed by atoms with van der Waals surface area (Å²) in [4.78, 5) is 0. The quantitative estimate of drug-likeness (QED) is 0.619. The third kappa shape index (κ3) is 4.78. The summed E-state index contributed by atoms with van der Waals surface area (Å²) in [6.07, 6.45) is 3.50. The second-order valence-corrected chi connectivity index (χ2v) is 5.10. The summed E-state index contributed by atoms with van der Waals surface area (Å²) in [5.74, 6) is 7.51. The molecule has 2 rings (SSSR count). The van der Waals surface area contributed by atoms with Crippen molar-refractivity contribution in [1.82, 2.24) is 0 Å². The van der Waals surface area contributed by atoms with Gasteiger partial charge in [0.1, 0.15) is 12.4 Å². The van der Waals surface area contributed by atoms with Crippen LogP contribution in [-0.2, 0) is 4.74 Å². The van der Waals surface area contributed by atoms with E-state index in [0.29, 0.717) is 25.0 Å². The van der Waals surface area contributed by atoms with Crippen molar-refractivity contribution in [2.45, 2.75) is 38.4 Å². The summed E-state index contributed by atoms with van der Waals surface area (Å²) >= 11 is 5.59. The zero-order chi connectivity index (χ0) is 13.5. The Morgan fingerprint density at radius 3 is 3.05 bits per heavy atom. The Morgan fingerprint density at radius 1 is 1.42 bits per heavy atom. The van der Waals surface area contributed by atoms with Gasteiger partial charge < -0.3 is 9.47 Å². The lowest BCUT2D eigenvalue weighted by molar-refractivity contribution is 0.0264. The smallest absolute Gasteiger partial charge is 0.120 e. The molecule has 1 aromatic rings.